The van der Waals surface area contributed by atoms with Gasteiger partial charge in [0.1, 0.15) is 0 Å². The Labute approximate surface area is 71.0 Å². The molecule has 2 heteroatoms. The summed E-state index contributed by atoms with van der Waals surface area (Å²) in [5.41, 5.74) is 0. The van der Waals surface area contributed by atoms with Crippen molar-refractivity contribution in [1.29, 1.82) is 0 Å². The van der Waals surface area contributed by atoms with Crippen LogP contribution in [0.1, 0.15) is 12.8 Å². The summed E-state index contributed by atoms with van der Waals surface area (Å²) in [5, 5.41) is 3.25. The molecule has 1 aliphatic rings. The minimum atomic E-state index is 0. The molecule has 0 unspecified atom stereocenters. The van der Waals surface area contributed by atoms with E-state index >= 15 is 0 Å². The van der Waals surface area contributed by atoms with Gasteiger partial charge in [-0.15, -0.1) is 0 Å². The fraction of sp³-hybridized carbons (Fsp3) is 0.667. The van der Waals surface area contributed by atoms with Crippen molar-refractivity contribution in [3.8, 4) is 0 Å². The van der Waals surface area contributed by atoms with Crippen molar-refractivity contribution in [3.63, 3.8) is 0 Å². The zero-order valence-corrected chi connectivity index (χ0v) is 7.29. The zero-order valence-electron chi connectivity index (χ0n) is 5.48. The molecule has 0 aliphatic carbocycles. The van der Waals surface area contributed by atoms with E-state index in [2.05, 4.69) is 11.7 Å². The first-order chi connectivity index (χ1) is 3.00. The van der Waals surface area contributed by atoms with Crippen molar-refractivity contribution in [3.05, 3.63) is 13.8 Å². The molecule has 1 aliphatic heterocycles. The average molecular weight is 144 g/mol. The van der Waals surface area contributed by atoms with Crippen molar-refractivity contribution < 1.29 is 25.8 Å². The predicted molar refractivity (Wildman–Crippen MR) is 32.8 cm³/mol. The molecule has 47 valence electrons. The Bertz CT molecular complexity index is 24.0. The molecule has 1 N–H and O–H groups in total. The smallest absolute Gasteiger partial charge is 0 e. The summed E-state index contributed by atoms with van der Waals surface area (Å²) in [7, 11) is 0. The molecule has 0 bridgehead atoms. The Morgan fingerprint density at radius 3 is 1.75 bits per heavy atom. The summed E-state index contributed by atoms with van der Waals surface area (Å²) in [6.07, 6.45) is 4.86. The molecule has 1 radical (unpaired) electrons. The van der Waals surface area contributed by atoms with Crippen LogP contribution in [0.4, 0.5) is 0 Å². The van der Waals surface area contributed by atoms with Gasteiger partial charge in [0, 0.05) is 25.8 Å². The van der Waals surface area contributed by atoms with Gasteiger partial charge in [-0.25, -0.2) is 0 Å². The van der Waals surface area contributed by atoms with Crippen LogP contribution in [0.3, 0.4) is 0 Å². The summed E-state index contributed by atoms with van der Waals surface area (Å²) in [4.78, 5) is 0. The topological polar surface area (TPSA) is 12.0 Å². The molecule has 1 heterocycles. The Hall–Kier alpha value is 0.830. The molecule has 8 heavy (non-hydrogen) atoms. The van der Waals surface area contributed by atoms with Crippen LogP contribution in [0.5, 0.6) is 0 Å². The minimum Gasteiger partial charge on any atom is -0.358 e. The molecule has 1 rings (SSSR count). The normalized spacial score (nSPS) is 18.0. The average Bonchev–Trinajstić information content (AvgIpc) is 1.72. The van der Waals surface area contributed by atoms with E-state index in [0.717, 1.165) is 0 Å². The van der Waals surface area contributed by atoms with E-state index < -0.39 is 0 Å². The molecule has 1 saturated heterocycles. The molecule has 0 aromatic carbocycles. The Kier molecular flexibility index (Phi) is 11.4. The molecule has 0 saturated carbocycles. The van der Waals surface area contributed by atoms with Crippen LogP contribution in [0.15, 0.2) is 0 Å². The third kappa shape index (κ3) is 4.98. The van der Waals surface area contributed by atoms with E-state index in [1.165, 1.54) is 25.9 Å². The van der Waals surface area contributed by atoms with Gasteiger partial charge in [0.15, 0.2) is 0 Å². The summed E-state index contributed by atoms with van der Waals surface area (Å²) in [5.74, 6) is 0. The maximum Gasteiger partial charge on any atom is 0 e. The summed E-state index contributed by atoms with van der Waals surface area (Å²) in [6.45, 7) is 2.39. The van der Waals surface area contributed by atoms with Gasteiger partial charge >= 0.3 is 0 Å². The third-order valence-electron chi connectivity index (χ3n) is 1.05. The van der Waals surface area contributed by atoms with Crippen molar-refractivity contribution in [2.75, 3.05) is 13.1 Å². The Morgan fingerprint density at radius 1 is 1.12 bits per heavy atom. The Balaban J connectivity index is 0. The maximum absolute atomic E-state index is 3.25. The molecule has 0 aromatic rings. The van der Waals surface area contributed by atoms with Crippen LogP contribution in [-0.4, -0.2) is 13.1 Å². The van der Waals surface area contributed by atoms with Gasteiger partial charge in [-0.1, -0.05) is 0 Å². The first-order valence-corrected chi connectivity index (χ1v) is 2.52. The molecular weight excluding hydrogens is 131 g/mol. The minimum absolute atomic E-state index is 0. The standard InChI is InChI=1S/C5H10N.CH3.Sc/c1-2-4-6-5-3-1;;/h1,6H,2-5H2;1H3;/q2*-1;. The van der Waals surface area contributed by atoms with Gasteiger partial charge in [-0.3, -0.25) is 0 Å². The van der Waals surface area contributed by atoms with Crippen molar-refractivity contribution in [2.24, 2.45) is 0 Å². The van der Waals surface area contributed by atoms with Crippen LogP contribution < -0.4 is 5.32 Å². The van der Waals surface area contributed by atoms with Gasteiger partial charge in [0.2, 0.25) is 0 Å². The van der Waals surface area contributed by atoms with E-state index in [4.69, 9.17) is 0 Å². The molecule has 0 atom stereocenters. The van der Waals surface area contributed by atoms with Gasteiger partial charge in [-0.2, -0.15) is 12.8 Å². The number of nitrogens with one attached hydrogen (secondary N) is 1. The first-order valence-electron chi connectivity index (χ1n) is 2.52. The molecule has 0 aromatic heterocycles. The zero-order chi connectivity index (χ0) is 4.24. The number of piperidine rings is 1. The Morgan fingerprint density at radius 2 is 1.62 bits per heavy atom. The fourth-order valence-corrected chi connectivity index (χ4v) is 0.678. The second kappa shape index (κ2) is 7.83. The molecule has 0 amide bonds. The van der Waals surface area contributed by atoms with Gasteiger partial charge in [0.05, 0.1) is 0 Å². The van der Waals surface area contributed by atoms with E-state index in [-0.39, 0.29) is 33.3 Å². The predicted octanol–water partition coefficient (Wildman–Crippen LogP) is 1.02. The van der Waals surface area contributed by atoms with E-state index in [1.54, 1.807) is 0 Å². The monoisotopic (exact) mass is 144 g/mol. The van der Waals surface area contributed by atoms with Gasteiger partial charge in [0.25, 0.3) is 0 Å². The van der Waals surface area contributed by atoms with Crippen LogP contribution in [-0.2, 0) is 25.8 Å². The van der Waals surface area contributed by atoms with Crippen LogP contribution in [0.2, 0.25) is 0 Å². The van der Waals surface area contributed by atoms with Gasteiger partial charge < -0.3 is 19.2 Å². The summed E-state index contributed by atoms with van der Waals surface area (Å²) >= 11 is 0. The molecule has 1 nitrogen and oxygen atoms in total. The van der Waals surface area contributed by atoms with Crippen LogP contribution in [0, 0.1) is 13.8 Å². The molecular formula is C6H13NSc-2. The largest absolute Gasteiger partial charge is 0.358 e. The van der Waals surface area contributed by atoms with E-state index in [1.807, 2.05) is 0 Å². The molecule has 1 fully saturated rings. The second-order valence-electron chi connectivity index (χ2n) is 1.62. The van der Waals surface area contributed by atoms with Crippen LogP contribution >= 0.6 is 0 Å². The van der Waals surface area contributed by atoms with Gasteiger partial charge in [-0.05, 0) is 13.1 Å². The van der Waals surface area contributed by atoms with Crippen LogP contribution in [0.25, 0.3) is 0 Å². The number of hydrogen-bond donors (Lipinski definition) is 1. The maximum atomic E-state index is 3.25. The molecule has 0 spiro atoms. The third-order valence-corrected chi connectivity index (χ3v) is 1.05. The summed E-state index contributed by atoms with van der Waals surface area (Å²) < 4.78 is 0. The second-order valence-corrected chi connectivity index (χ2v) is 1.62. The van der Waals surface area contributed by atoms with Crippen molar-refractivity contribution in [2.45, 2.75) is 12.8 Å². The van der Waals surface area contributed by atoms with Crippen molar-refractivity contribution in [1.82, 2.24) is 5.32 Å². The number of rotatable bonds is 0. The SMILES string of the molecule is [CH-]1CCNCC1.[CH3-].[Sc]. The van der Waals surface area contributed by atoms with E-state index in [9.17, 15) is 0 Å². The first kappa shape index (κ1) is 11.6. The fourth-order valence-electron chi connectivity index (χ4n) is 0.678. The quantitative estimate of drug-likeness (QED) is 0.500. The summed E-state index contributed by atoms with van der Waals surface area (Å²) in [6, 6.07) is 0. The van der Waals surface area contributed by atoms with Crippen molar-refractivity contribution >= 4 is 0 Å². The number of hydrogen-bond acceptors (Lipinski definition) is 1. The van der Waals surface area contributed by atoms with E-state index in [0.29, 0.717) is 0 Å².